The van der Waals surface area contributed by atoms with Gasteiger partial charge in [-0.05, 0) is 13.0 Å². The number of thiocarbonyl (C=S) groups is 1. The molecule has 100 valence electrons. The molecule has 1 atom stereocenters. The second-order valence-corrected chi connectivity index (χ2v) is 4.92. The largest absolute Gasteiger partial charge is 0.393 e. The molecule has 0 aromatic carbocycles. The molecule has 0 fully saturated rings. The average molecular weight is 267 g/mol. The molecule has 0 radical (unpaired) electrons. The molecule has 1 unspecified atom stereocenters. The lowest BCUT2D eigenvalue weighted by molar-refractivity contribution is 0.698. The summed E-state index contributed by atoms with van der Waals surface area (Å²) in [6, 6.07) is 1.91. The van der Waals surface area contributed by atoms with Crippen LogP contribution >= 0.6 is 12.2 Å². The smallest absolute Gasteiger partial charge is 0.226 e. The van der Waals surface area contributed by atoms with Crippen molar-refractivity contribution in [3.05, 3.63) is 12.3 Å². The van der Waals surface area contributed by atoms with Gasteiger partial charge in [-0.2, -0.15) is 4.98 Å². The molecule has 0 aliphatic heterocycles. The molecular formula is C12H21N5S. The summed E-state index contributed by atoms with van der Waals surface area (Å²) < 4.78 is 0. The molecule has 1 heterocycles. The summed E-state index contributed by atoms with van der Waals surface area (Å²) in [5.41, 5.74) is 5.66. The highest BCUT2D eigenvalue weighted by atomic mass is 32.1. The van der Waals surface area contributed by atoms with Crippen LogP contribution in [0.25, 0.3) is 0 Å². The summed E-state index contributed by atoms with van der Waals surface area (Å²) in [5.74, 6) is 1.77. The molecule has 18 heavy (non-hydrogen) atoms. The van der Waals surface area contributed by atoms with Gasteiger partial charge in [-0.25, -0.2) is 4.98 Å². The summed E-state index contributed by atoms with van der Waals surface area (Å²) in [6.07, 6.45) is 1.77. The zero-order valence-corrected chi connectivity index (χ0v) is 12.2. The number of nitrogens with two attached hydrogens (primary N) is 1. The first-order valence-corrected chi connectivity index (χ1v) is 6.41. The minimum Gasteiger partial charge on any atom is -0.393 e. The third-order valence-electron chi connectivity index (χ3n) is 2.71. The van der Waals surface area contributed by atoms with Gasteiger partial charge in [0.05, 0.1) is 4.99 Å². The third kappa shape index (κ3) is 3.80. The highest BCUT2D eigenvalue weighted by Crippen LogP contribution is 2.15. The monoisotopic (exact) mass is 267 g/mol. The van der Waals surface area contributed by atoms with E-state index in [-0.39, 0.29) is 5.92 Å². The molecule has 0 saturated carbocycles. The Hall–Kier alpha value is -1.43. The first kappa shape index (κ1) is 14.6. The summed E-state index contributed by atoms with van der Waals surface area (Å²) in [7, 11) is 3.85. The second-order valence-electron chi connectivity index (χ2n) is 4.45. The standard InChI is InChI=1S/C12H21N5S/c1-5-17(8-9(2)11(13)18)10-6-7-14-12(15-10)16(3)4/h6-7,9H,5,8H2,1-4H3,(H2,13,18). The SMILES string of the molecule is CCN(CC(C)C(N)=S)c1ccnc(N(C)C)n1. The van der Waals surface area contributed by atoms with Crippen LogP contribution in [0.3, 0.4) is 0 Å². The molecule has 0 bridgehead atoms. The molecule has 0 amide bonds. The van der Waals surface area contributed by atoms with Gasteiger partial charge in [0.1, 0.15) is 5.82 Å². The molecule has 1 aromatic heterocycles. The van der Waals surface area contributed by atoms with Crippen LogP contribution in [0, 0.1) is 5.92 Å². The molecule has 0 aliphatic rings. The second kappa shape index (κ2) is 6.49. The molecular weight excluding hydrogens is 246 g/mol. The van der Waals surface area contributed by atoms with Crippen molar-refractivity contribution >= 4 is 29.0 Å². The highest BCUT2D eigenvalue weighted by molar-refractivity contribution is 7.80. The summed E-state index contributed by atoms with van der Waals surface area (Å²) in [4.78, 5) is 13.3. The fraction of sp³-hybridized carbons (Fsp3) is 0.583. The Labute approximate surface area is 114 Å². The first-order chi connectivity index (χ1) is 8.45. The lowest BCUT2D eigenvalue weighted by atomic mass is 10.1. The van der Waals surface area contributed by atoms with Gasteiger partial charge in [-0.1, -0.05) is 19.1 Å². The van der Waals surface area contributed by atoms with E-state index in [1.54, 1.807) is 6.20 Å². The molecule has 1 aromatic rings. The number of rotatable bonds is 6. The number of nitrogens with zero attached hydrogens (tertiary/aromatic N) is 4. The van der Waals surface area contributed by atoms with E-state index in [0.717, 1.165) is 18.9 Å². The minimum absolute atomic E-state index is 0.165. The number of hydrogen-bond acceptors (Lipinski definition) is 5. The van der Waals surface area contributed by atoms with Gasteiger partial charge in [0.25, 0.3) is 0 Å². The molecule has 6 heteroatoms. The Kier molecular flexibility index (Phi) is 5.27. The van der Waals surface area contributed by atoms with Crippen molar-refractivity contribution in [2.75, 3.05) is 37.0 Å². The van der Waals surface area contributed by atoms with Crippen LogP contribution in [0.4, 0.5) is 11.8 Å². The van der Waals surface area contributed by atoms with Crippen LogP contribution in [0.15, 0.2) is 12.3 Å². The van der Waals surface area contributed by atoms with Crippen LogP contribution in [-0.2, 0) is 0 Å². The quantitative estimate of drug-likeness (QED) is 0.784. The maximum Gasteiger partial charge on any atom is 0.226 e. The predicted octanol–water partition coefficient (Wildman–Crippen LogP) is 1.29. The van der Waals surface area contributed by atoms with Gasteiger partial charge in [-0.3, -0.25) is 0 Å². The topological polar surface area (TPSA) is 58.3 Å². The van der Waals surface area contributed by atoms with E-state index >= 15 is 0 Å². The van der Waals surface area contributed by atoms with Gasteiger partial charge >= 0.3 is 0 Å². The molecule has 0 spiro atoms. The van der Waals surface area contributed by atoms with E-state index in [0.29, 0.717) is 10.9 Å². The van der Waals surface area contributed by atoms with Crippen LogP contribution in [0.2, 0.25) is 0 Å². The minimum atomic E-state index is 0.165. The van der Waals surface area contributed by atoms with Crippen LogP contribution < -0.4 is 15.5 Å². The maximum atomic E-state index is 5.66. The van der Waals surface area contributed by atoms with Crippen molar-refractivity contribution in [2.24, 2.45) is 11.7 Å². The van der Waals surface area contributed by atoms with Crippen LogP contribution in [0.5, 0.6) is 0 Å². The van der Waals surface area contributed by atoms with Crippen molar-refractivity contribution < 1.29 is 0 Å². The maximum absolute atomic E-state index is 5.66. The molecule has 1 rings (SSSR count). The zero-order chi connectivity index (χ0) is 13.7. The van der Waals surface area contributed by atoms with E-state index in [1.807, 2.05) is 32.0 Å². The zero-order valence-electron chi connectivity index (χ0n) is 11.4. The first-order valence-electron chi connectivity index (χ1n) is 6.00. The Morgan fingerprint density at radius 1 is 1.50 bits per heavy atom. The van der Waals surface area contributed by atoms with Gasteiger partial charge in [-0.15, -0.1) is 0 Å². The number of anilines is 2. The van der Waals surface area contributed by atoms with Crippen molar-refractivity contribution in [1.29, 1.82) is 0 Å². The van der Waals surface area contributed by atoms with E-state index in [2.05, 4.69) is 21.8 Å². The molecule has 2 N–H and O–H groups in total. The van der Waals surface area contributed by atoms with Crippen LogP contribution in [0.1, 0.15) is 13.8 Å². The van der Waals surface area contributed by atoms with E-state index in [4.69, 9.17) is 18.0 Å². The summed E-state index contributed by atoms with van der Waals surface area (Å²) in [6.45, 7) is 5.75. The Bertz CT molecular complexity index is 407. The van der Waals surface area contributed by atoms with E-state index < -0.39 is 0 Å². The van der Waals surface area contributed by atoms with Crippen molar-refractivity contribution in [3.8, 4) is 0 Å². The predicted molar refractivity (Wildman–Crippen MR) is 80.2 cm³/mol. The third-order valence-corrected chi connectivity index (χ3v) is 3.12. The van der Waals surface area contributed by atoms with Gasteiger partial charge in [0.15, 0.2) is 0 Å². The normalized spacial score (nSPS) is 12.0. The molecule has 0 saturated heterocycles. The van der Waals surface area contributed by atoms with Gasteiger partial charge in [0, 0.05) is 39.3 Å². The lowest BCUT2D eigenvalue weighted by Gasteiger charge is -2.25. The Morgan fingerprint density at radius 2 is 2.17 bits per heavy atom. The fourth-order valence-corrected chi connectivity index (χ4v) is 1.61. The highest BCUT2D eigenvalue weighted by Gasteiger charge is 2.13. The van der Waals surface area contributed by atoms with E-state index in [9.17, 15) is 0 Å². The van der Waals surface area contributed by atoms with Crippen molar-refractivity contribution in [1.82, 2.24) is 9.97 Å². The number of aromatic nitrogens is 2. The Balaban J connectivity index is 2.88. The van der Waals surface area contributed by atoms with Crippen molar-refractivity contribution in [2.45, 2.75) is 13.8 Å². The molecule has 0 aliphatic carbocycles. The summed E-state index contributed by atoms with van der Waals surface area (Å²) in [5, 5.41) is 0. The van der Waals surface area contributed by atoms with Gasteiger partial charge in [0.2, 0.25) is 5.95 Å². The number of hydrogen-bond donors (Lipinski definition) is 1. The molecule has 5 nitrogen and oxygen atoms in total. The van der Waals surface area contributed by atoms with Crippen molar-refractivity contribution in [3.63, 3.8) is 0 Å². The average Bonchev–Trinajstić information content (AvgIpc) is 2.35. The van der Waals surface area contributed by atoms with Crippen LogP contribution in [-0.4, -0.2) is 42.1 Å². The lowest BCUT2D eigenvalue weighted by Crippen LogP contribution is -2.34. The summed E-state index contributed by atoms with van der Waals surface area (Å²) >= 11 is 5.01. The Morgan fingerprint density at radius 3 is 2.67 bits per heavy atom. The fourth-order valence-electron chi connectivity index (χ4n) is 1.54. The van der Waals surface area contributed by atoms with E-state index in [1.165, 1.54) is 0 Å². The van der Waals surface area contributed by atoms with Gasteiger partial charge < -0.3 is 15.5 Å².